The second-order valence-corrected chi connectivity index (χ2v) is 5.93. The minimum Gasteiger partial charge on any atom is -0.497 e. The molecule has 2 aromatic carbocycles. The molecule has 134 valence electrons. The monoisotopic (exact) mass is 346 g/mol. The lowest BCUT2D eigenvalue weighted by atomic mass is 10.0. The molecule has 0 saturated carbocycles. The first-order valence-corrected chi connectivity index (χ1v) is 8.15. The minimum absolute atomic E-state index is 0.115. The maximum Gasteiger partial charge on any atom is 0.202 e. The standard InChI is InChI=1S/C19H22O6/c1-23-13-6-4-5-12(9-13)14-7-2-3-8-16(14)24-18-10-15(21)19(22)17(11-20)25-18/h2-9,15,17-22H,10-11H2,1H3. The van der Waals surface area contributed by atoms with Crippen LogP contribution in [-0.2, 0) is 4.74 Å². The lowest BCUT2D eigenvalue weighted by Gasteiger charge is -2.36. The number of hydrogen-bond donors (Lipinski definition) is 3. The van der Waals surface area contributed by atoms with Crippen LogP contribution in [0.4, 0.5) is 0 Å². The summed E-state index contributed by atoms with van der Waals surface area (Å²) in [7, 11) is 1.61. The van der Waals surface area contributed by atoms with Gasteiger partial charge in [0.15, 0.2) is 0 Å². The van der Waals surface area contributed by atoms with E-state index in [1.54, 1.807) is 7.11 Å². The number of benzene rings is 2. The van der Waals surface area contributed by atoms with Gasteiger partial charge in [-0.3, -0.25) is 0 Å². The highest BCUT2D eigenvalue weighted by Crippen LogP contribution is 2.34. The highest BCUT2D eigenvalue weighted by atomic mass is 16.7. The van der Waals surface area contributed by atoms with E-state index >= 15 is 0 Å². The number of methoxy groups -OCH3 is 1. The Labute approximate surface area is 146 Å². The van der Waals surface area contributed by atoms with E-state index in [0.29, 0.717) is 5.75 Å². The Bertz CT molecular complexity index is 704. The van der Waals surface area contributed by atoms with Gasteiger partial charge in [0.25, 0.3) is 0 Å². The molecule has 0 amide bonds. The smallest absolute Gasteiger partial charge is 0.202 e. The number of aliphatic hydroxyl groups is 3. The fraction of sp³-hybridized carbons (Fsp3) is 0.368. The minimum atomic E-state index is -1.13. The van der Waals surface area contributed by atoms with Gasteiger partial charge in [-0.25, -0.2) is 0 Å². The third kappa shape index (κ3) is 3.93. The Morgan fingerprint density at radius 1 is 1.12 bits per heavy atom. The van der Waals surface area contributed by atoms with Gasteiger partial charge in [-0.2, -0.15) is 0 Å². The van der Waals surface area contributed by atoms with Crippen molar-refractivity contribution in [2.24, 2.45) is 0 Å². The van der Waals surface area contributed by atoms with Crippen LogP contribution in [0.1, 0.15) is 6.42 Å². The summed E-state index contributed by atoms with van der Waals surface area (Å²) in [6.07, 6.45) is -3.66. The molecule has 0 bridgehead atoms. The molecule has 0 radical (unpaired) electrons. The van der Waals surface area contributed by atoms with E-state index in [1.807, 2.05) is 48.5 Å². The van der Waals surface area contributed by atoms with Gasteiger partial charge >= 0.3 is 0 Å². The van der Waals surface area contributed by atoms with Crippen molar-refractivity contribution < 1.29 is 29.5 Å². The number of aliphatic hydroxyl groups excluding tert-OH is 3. The van der Waals surface area contributed by atoms with Crippen molar-refractivity contribution >= 4 is 0 Å². The largest absolute Gasteiger partial charge is 0.497 e. The molecule has 4 atom stereocenters. The maximum absolute atomic E-state index is 9.94. The van der Waals surface area contributed by atoms with E-state index in [9.17, 15) is 15.3 Å². The molecule has 2 aromatic rings. The van der Waals surface area contributed by atoms with Crippen LogP contribution in [0.5, 0.6) is 11.5 Å². The molecule has 1 heterocycles. The van der Waals surface area contributed by atoms with Crippen molar-refractivity contribution in [1.29, 1.82) is 0 Å². The maximum atomic E-state index is 9.94. The SMILES string of the molecule is COc1cccc(-c2ccccc2OC2CC(O)C(O)C(CO)O2)c1. The third-order valence-corrected chi connectivity index (χ3v) is 4.24. The van der Waals surface area contributed by atoms with Crippen molar-refractivity contribution in [3.8, 4) is 22.6 Å². The summed E-state index contributed by atoms with van der Waals surface area (Å²) in [5, 5.41) is 29.0. The summed E-state index contributed by atoms with van der Waals surface area (Å²) in [5.41, 5.74) is 1.77. The molecule has 1 aliphatic heterocycles. The van der Waals surface area contributed by atoms with Crippen LogP contribution in [0.25, 0.3) is 11.1 Å². The van der Waals surface area contributed by atoms with Crippen LogP contribution in [0.2, 0.25) is 0 Å². The lowest BCUT2D eigenvalue weighted by molar-refractivity contribution is -0.229. The second-order valence-electron chi connectivity index (χ2n) is 5.93. The fourth-order valence-corrected chi connectivity index (χ4v) is 2.88. The molecule has 0 aromatic heterocycles. The van der Waals surface area contributed by atoms with Gasteiger partial charge < -0.3 is 29.5 Å². The van der Waals surface area contributed by atoms with Gasteiger partial charge in [0, 0.05) is 12.0 Å². The Morgan fingerprint density at radius 2 is 1.92 bits per heavy atom. The Kier molecular flexibility index (Phi) is 5.55. The summed E-state index contributed by atoms with van der Waals surface area (Å²) in [5.74, 6) is 1.32. The fourth-order valence-electron chi connectivity index (χ4n) is 2.88. The topological polar surface area (TPSA) is 88.4 Å². The van der Waals surface area contributed by atoms with Crippen LogP contribution in [0.3, 0.4) is 0 Å². The van der Waals surface area contributed by atoms with Crippen molar-refractivity contribution in [2.45, 2.75) is 31.0 Å². The molecule has 3 N–H and O–H groups in total. The zero-order chi connectivity index (χ0) is 17.8. The quantitative estimate of drug-likeness (QED) is 0.762. The predicted molar refractivity (Wildman–Crippen MR) is 91.4 cm³/mol. The third-order valence-electron chi connectivity index (χ3n) is 4.24. The van der Waals surface area contributed by atoms with E-state index < -0.39 is 31.2 Å². The van der Waals surface area contributed by atoms with E-state index in [1.165, 1.54) is 0 Å². The average molecular weight is 346 g/mol. The molecular weight excluding hydrogens is 324 g/mol. The molecule has 0 spiro atoms. The number of hydrogen-bond acceptors (Lipinski definition) is 6. The Balaban J connectivity index is 1.84. The molecule has 25 heavy (non-hydrogen) atoms. The van der Waals surface area contributed by atoms with Crippen LogP contribution in [-0.4, -0.2) is 53.6 Å². The van der Waals surface area contributed by atoms with Crippen molar-refractivity contribution in [3.63, 3.8) is 0 Å². The molecular formula is C19H22O6. The number of rotatable bonds is 5. The first-order valence-electron chi connectivity index (χ1n) is 8.15. The van der Waals surface area contributed by atoms with Crippen LogP contribution in [0.15, 0.2) is 48.5 Å². The zero-order valence-corrected chi connectivity index (χ0v) is 13.9. The Hall–Kier alpha value is -2.12. The van der Waals surface area contributed by atoms with Gasteiger partial charge in [0.1, 0.15) is 23.7 Å². The Morgan fingerprint density at radius 3 is 2.68 bits per heavy atom. The summed E-state index contributed by atoms with van der Waals surface area (Å²) < 4.78 is 16.7. The van der Waals surface area contributed by atoms with Gasteiger partial charge in [0.2, 0.25) is 6.29 Å². The predicted octanol–water partition coefficient (Wildman–Crippen LogP) is 1.57. The van der Waals surface area contributed by atoms with Crippen LogP contribution in [0, 0.1) is 0 Å². The highest BCUT2D eigenvalue weighted by molar-refractivity contribution is 5.71. The molecule has 1 saturated heterocycles. The van der Waals surface area contributed by atoms with E-state index in [2.05, 4.69) is 0 Å². The highest BCUT2D eigenvalue weighted by Gasteiger charge is 2.37. The van der Waals surface area contributed by atoms with Crippen LogP contribution < -0.4 is 9.47 Å². The van der Waals surface area contributed by atoms with E-state index in [-0.39, 0.29) is 6.42 Å². The van der Waals surface area contributed by atoms with Gasteiger partial charge in [-0.15, -0.1) is 0 Å². The molecule has 1 fully saturated rings. The number of para-hydroxylation sites is 1. The van der Waals surface area contributed by atoms with Gasteiger partial charge in [-0.05, 0) is 23.8 Å². The summed E-state index contributed by atoms with van der Waals surface area (Å²) in [6.45, 7) is -0.393. The van der Waals surface area contributed by atoms with Gasteiger partial charge in [0.05, 0.1) is 19.8 Å². The van der Waals surface area contributed by atoms with Gasteiger partial charge in [-0.1, -0.05) is 30.3 Å². The second kappa shape index (κ2) is 7.84. The van der Waals surface area contributed by atoms with Crippen molar-refractivity contribution in [1.82, 2.24) is 0 Å². The van der Waals surface area contributed by atoms with Crippen molar-refractivity contribution in [2.75, 3.05) is 13.7 Å². The molecule has 6 heteroatoms. The number of ether oxygens (including phenoxy) is 3. The molecule has 4 unspecified atom stereocenters. The van der Waals surface area contributed by atoms with E-state index in [0.717, 1.165) is 16.9 Å². The normalized spacial score (nSPS) is 26.2. The molecule has 0 aliphatic carbocycles. The van der Waals surface area contributed by atoms with E-state index in [4.69, 9.17) is 14.2 Å². The first-order chi connectivity index (χ1) is 12.1. The molecule has 1 aliphatic rings. The summed E-state index contributed by atoms with van der Waals surface area (Å²) >= 11 is 0. The summed E-state index contributed by atoms with van der Waals surface area (Å²) in [4.78, 5) is 0. The molecule has 6 nitrogen and oxygen atoms in total. The lowest BCUT2D eigenvalue weighted by Crippen LogP contribution is -2.51. The van der Waals surface area contributed by atoms with Crippen LogP contribution >= 0.6 is 0 Å². The summed E-state index contributed by atoms with van der Waals surface area (Å²) in [6, 6.07) is 15.1. The first kappa shape index (κ1) is 17.7. The van der Waals surface area contributed by atoms with Crippen molar-refractivity contribution in [3.05, 3.63) is 48.5 Å². The average Bonchev–Trinajstić information content (AvgIpc) is 2.65. The zero-order valence-electron chi connectivity index (χ0n) is 13.9. The molecule has 3 rings (SSSR count).